The van der Waals surface area contributed by atoms with Gasteiger partial charge in [-0.1, -0.05) is 12.2 Å². The van der Waals surface area contributed by atoms with E-state index in [9.17, 15) is 13.0 Å². The summed E-state index contributed by atoms with van der Waals surface area (Å²) in [5, 5.41) is 0. The van der Waals surface area contributed by atoms with Crippen molar-refractivity contribution in [2.45, 2.75) is 17.6 Å². The molecule has 0 saturated heterocycles. The minimum Gasteiger partial charge on any atom is -0.285 e. The molecule has 0 aliphatic heterocycles. The van der Waals surface area contributed by atoms with Gasteiger partial charge in [0.25, 0.3) is 10.1 Å². The van der Waals surface area contributed by atoms with Crippen molar-refractivity contribution in [1.29, 1.82) is 0 Å². The number of rotatable bonds is 7. The molecular weight excluding hydrogens is 261 g/mol. The van der Waals surface area contributed by atoms with E-state index >= 15 is 0 Å². The molecule has 0 unspecified atom stereocenters. The third-order valence-electron chi connectivity index (χ3n) is 1.99. The van der Waals surface area contributed by atoms with Gasteiger partial charge in [0.05, 0.1) is 6.54 Å². The second-order valence-corrected chi connectivity index (χ2v) is 5.91. The summed E-state index contributed by atoms with van der Waals surface area (Å²) in [6, 6.07) is 0. The molecule has 1 N–H and O–H groups in total. The first kappa shape index (κ1) is 14.9. The predicted molar refractivity (Wildman–Crippen MR) is 62.3 cm³/mol. The fraction of sp³-hybridized carbons (Fsp3) is 0.500. The smallest absolute Gasteiger partial charge is 0.272 e. The van der Waals surface area contributed by atoms with Crippen LogP contribution in [0.1, 0.15) is 12.8 Å². The van der Waals surface area contributed by atoms with Crippen LogP contribution in [-0.4, -0.2) is 28.2 Å². The Morgan fingerprint density at radius 2 is 1.67 bits per heavy atom. The summed E-state index contributed by atoms with van der Waals surface area (Å²) in [4.78, 5) is 0. The maximum Gasteiger partial charge on any atom is 0.272 e. The lowest BCUT2D eigenvalue weighted by molar-refractivity contribution is 0.399. The summed E-state index contributed by atoms with van der Waals surface area (Å²) >= 11 is 10.8. The number of allylic oxidation sites excluding steroid dienone is 2. The van der Waals surface area contributed by atoms with Crippen LogP contribution in [-0.2, 0) is 10.1 Å². The van der Waals surface area contributed by atoms with E-state index in [0.29, 0.717) is 3.94 Å². The van der Waals surface area contributed by atoms with E-state index in [1.807, 2.05) is 0 Å². The Morgan fingerprint density at radius 1 is 1.27 bits per heavy atom. The zero-order valence-corrected chi connectivity index (χ0v) is 10.4. The topological polar surface area (TPSA) is 57.6 Å². The summed E-state index contributed by atoms with van der Waals surface area (Å²) in [5.41, 5.74) is 0. The third kappa shape index (κ3) is 4.12. The number of halogens is 2. The minimum absolute atomic E-state index is 0.0355. The van der Waals surface area contributed by atoms with Crippen molar-refractivity contribution in [3.63, 3.8) is 0 Å². The molecule has 0 heterocycles. The summed E-state index contributed by atoms with van der Waals surface area (Å²) in [5.74, 6) is 0. The van der Waals surface area contributed by atoms with Crippen LogP contribution in [0.2, 0.25) is 0 Å². The Labute approximate surface area is 100 Å². The molecule has 0 bridgehead atoms. The van der Waals surface area contributed by atoms with Crippen LogP contribution >= 0.6 is 23.6 Å². The van der Waals surface area contributed by atoms with Gasteiger partial charge in [0.15, 0.2) is 0 Å². The average Bonchev–Trinajstić information content (AvgIpc) is 2.01. The standard InChI is InChI=1S/C8H13Cl2NO3S/c1-3-5-8(6-4-2,7-11(9)10)15(12,13)14/h3-4H,1-2,5-7H2,(H,12,13,14). The number of nitrogens with zero attached hydrogens (tertiary/aromatic N) is 1. The molecule has 0 aliphatic rings. The van der Waals surface area contributed by atoms with E-state index in [1.54, 1.807) is 0 Å². The molecule has 4 nitrogen and oxygen atoms in total. The highest BCUT2D eigenvalue weighted by Crippen LogP contribution is 2.29. The second kappa shape index (κ2) is 5.86. The van der Waals surface area contributed by atoms with E-state index in [1.165, 1.54) is 12.2 Å². The Hall–Kier alpha value is -0.0700. The summed E-state index contributed by atoms with van der Waals surface area (Å²) in [7, 11) is -4.30. The Kier molecular flexibility index (Phi) is 5.84. The third-order valence-corrected chi connectivity index (χ3v) is 3.78. The Morgan fingerprint density at radius 3 is 1.87 bits per heavy atom. The molecule has 0 aromatic rings. The molecule has 0 atom stereocenters. The van der Waals surface area contributed by atoms with Crippen LogP contribution in [0, 0.1) is 0 Å². The van der Waals surface area contributed by atoms with Crippen LogP contribution in [0.4, 0.5) is 0 Å². The average molecular weight is 274 g/mol. The van der Waals surface area contributed by atoms with Crippen molar-refractivity contribution in [3.8, 4) is 0 Å². The molecule has 0 aliphatic carbocycles. The van der Waals surface area contributed by atoms with Crippen LogP contribution < -0.4 is 0 Å². The molecule has 0 radical (unpaired) electrons. The van der Waals surface area contributed by atoms with Crippen molar-refractivity contribution in [1.82, 2.24) is 3.94 Å². The van der Waals surface area contributed by atoms with Gasteiger partial charge in [0.1, 0.15) is 4.75 Å². The lowest BCUT2D eigenvalue weighted by Gasteiger charge is -2.29. The molecule has 88 valence electrons. The van der Waals surface area contributed by atoms with Gasteiger partial charge in [-0.2, -0.15) is 8.42 Å². The summed E-state index contributed by atoms with van der Waals surface area (Å²) in [6.45, 7) is 6.64. The maximum absolute atomic E-state index is 11.3. The van der Waals surface area contributed by atoms with Crippen LogP contribution in [0.15, 0.2) is 25.3 Å². The van der Waals surface area contributed by atoms with E-state index in [4.69, 9.17) is 23.6 Å². The van der Waals surface area contributed by atoms with Gasteiger partial charge in [-0.25, -0.2) is 0 Å². The summed E-state index contributed by atoms with van der Waals surface area (Å²) in [6.07, 6.45) is 2.84. The maximum atomic E-state index is 11.3. The van der Waals surface area contributed by atoms with Crippen molar-refractivity contribution >= 4 is 33.7 Å². The van der Waals surface area contributed by atoms with Crippen molar-refractivity contribution in [2.75, 3.05) is 6.54 Å². The van der Waals surface area contributed by atoms with Gasteiger partial charge in [-0.05, 0) is 36.4 Å². The normalized spacial score (nSPS) is 12.8. The molecule has 0 fully saturated rings. The molecule has 0 saturated carbocycles. The fourth-order valence-electron chi connectivity index (χ4n) is 1.25. The first-order valence-electron chi connectivity index (χ1n) is 4.07. The zero-order chi connectivity index (χ0) is 12.1. The lowest BCUT2D eigenvalue weighted by Crippen LogP contribution is -2.44. The number of hydrogen-bond donors (Lipinski definition) is 1. The van der Waals surface area contributed by atoms with Gasteiger partial charge >= 0.3 is 0 Å². The van der Waals surface area contributed by atoms with Gasteiger partial charge in [0, 0.05) is 0 Å². The van der Waals surface area contributed by atoms with Crippen LogP contribution in [0.3, 0.4) is 0 Å². The van der Waals surface area contributed by atoms with Crippen LogP contribution in [0.5, 0.6) is 0 Å². The highest BCUT2D eigenvalue weighted by molar-refractivity contribution is 7.87. The van der Waals surface area contributed by atoms with Gasteiger partial charge in [0.2, 0.25) is 0 Å². The largest absolute Gasteiger partial charge is 0.285 e. The highest BCUT2D eigenvalue weighted by atomic mass is 35.5. The molecule has 7 heteroatoms. The first-order chi connectivity index (χ1) is 6.79. The van der Waals surface area contributed by atoms with E-state index in [0.717, 1.165) is 0 Å². The van der Waals surface area contributed by atoms with Gasteiger partial charge in [-0.3, -0.25) is 4.55 Å². The van der Waals surface area contributed by atoms with E-state index < -0.39 is 14.9 Å². The SMILES string of the molecule is C=CCC(CC=C)(CN(Cl)Cl)S(=O)(=O)O. The molecular formula is C8H13Cl2NO3S. The van der Waals surface area contributed by atoms with E-state index in [-0.39, 0.29) is 19.4 Å². The monoisotopic (exact) mass is 273 g/mol. The molecule has 15 heavy (non-hydrogen) atoms. The first-order valence-corrected chi connectivity index (χ1v) is 6.18. The van der Waals surface area contributed by atoms with Gasteiger partial charge in [-0.15, -0.1) is 17.1 Å². The van der Waals surface area contributed by atoms with Crippen molar-refractivity contribution in [2.24, 2.45) is 0 Å². The van der Waals surface area contributed by atoms with E-state index in [2.05, 4.69) is 13.2 Å². The van der Waals surface area contributed by atoms with Crippen LogP contribution in [0.25, 0.3) is 0 Å². The molecule has 0 aromatic heterocycles. The van der Waals surface area contributed by atoms with Crippen molar-refractivity contribution in [3.05, 3.63) is 25.3 Å². The zero-order valence-electron chi connectivity index (χ0n) is 8.07. The lowest BCUT2D eigenvalue weighted by atomic mass is 10.0. The highest BCUT2D eigenvalue weighted by Gasteiger charge is 2.42. The molecule has 0 spiro atoms. The van der Waals surface area contributed by atoms with Gasteiger partial charge < -0.3 is 0 Å². The number of hydrogen-bond acceptors (Lipinski definition) is 3. The molecule has 0 amide bonds. The Balaban J connectivity index is 5.25. The predicted octanol–water partition coefficient (Wildman–Crippen LogP) is 2.37. The minimum atomic E-state index is -4.30. The second-order valence-electron chi connectivity index (χ2n) is 3.10. The summed E-state index contributed by atoms with van der Waals surface area (Å²) < 4.78 is 30.9. The fourth-order valence-corrected chi connectivity index (χ4v) is 2.80. The molecule has 0 aromatic carbocycles. The quantitative estimate of drug-likeness (QED) is 0.440. The Bertz CT molecular complexity index is 317. The van der Waals surface area contributed by atoms with Crippen molar-refractivity contribution < 1.29 is 13.0 Å². The molecule has 0 rings (SSSR count).